The van der Waals surface area contributed by atoms with Crippen LogP contribution in [0.25, 0.3) is 0 Å². The van der Waals surface area contributed by atoms with Crippen molar-refractivity contribution < 1.29 is 0 Å². The summed E-state index contributed by atoms with van der Waals surface area (Å²) in [5.41, 5.74) is 5.90. The first-order valence-corrected chi connectivity index (χ1v) is 7.42. The molecule has 0 aromatic heterocycles. The van der Waals surface area contributed by atoms with Crippen molar-refractivity contribution >= 4 is 0 Å². The molecule has 0 amide bonds. The minimum absolute atomic E-state index is 0.0980. The van der Waals surface area contributed by atoms with Gasteiger partial charge in [-0.2, -0.15) is 0 Å². The molecule has 1 atom stereocenters. The second-order valence-corrected chi connectivity index (χ2v) is 6.78. The van der Waals surface area contributed by atoms with Crippen LogP contribution in [0.1, 0.15) is 45.2 Å². The van der Waals surface area contributed by atoms with Crippen LogP contribution in [0.4, 0.5) is 0 Å². The van der Waals surface area contributed by atoms with E-state index >= 15 is 0 Å². The molecular formula is C20H26. The molecule has 0 nitrogen and oxygen atoms in total. The van der Waals surface area contributed by atoms with Gasteiger partial charge in [0, 0.05) is 5.41 Å². The van der Waals surface area contributed by atoms with E-state index < -0.39 is 0 Å². The molecule has 20 heavy (non-hydrogen) atoms. The zero-order valence-electron chi connectivity index (χ0n) is 13.5. The molecule has 1 fully saturated rings. The summed E-state index contributed by atoms with van der Waals surface area (Å²) in [7, 11) is 0. The van der Waals surface area contributed by atoms with E-state index in [4.69, 9.17) is 0 Å². The Morgan fingerprint density at radius 1 is 1.05 bits per heavy atom. The van der Waals surface area contributed by atoms with Gasteiger partial charge in [-0.05, 0) is 42.4 Å². The Hall–Kier alpha value is -1.56. The van der Waals surface area contributed by atoms with Gasteiger partial charge in [-0.3, -0.25) is 0 Å². The summed E-state index contributed by atoms with van der Waals surface area (Å²) in [6.07, 6.45) is 7.53. The van der Waals surface area contributed by atoms with Gasteiger partial charge in [0.05, 0.1) is 0 Å². The topological polar surface area (TPSA) is 0 Å². The van der Waals surface area contributed by atoms with Crippen molar-refractivity contribution in [3.8, 4) is 0 Å². The third kappa shape index (κ3) is 2.28. The molecule has 2 rings (SSSR count). The lowest BCUT2D eigenvalue weighted by Gasteiger charge is -2.28. The third-order valence-corrected chi connectivity index (χ3v) is 4.67. The van der Waals surface area contributed by atoms with E-state index in [1.54, 1.807) is 0 Å². The molecule has 0 bridgehead atoms. The Labute approximate surface area is 123 Å². The molecule has 106 valence electrons. The molecular weight excluding hydrogens is 240 g/mol. The summed E-state index contributed by atoms with van der Waals surface area (Å²) in [5.74, 6) is 0. The van der Waals surface area contributed by atoms with Gasteiger partial charge in [0.25, 0.3) is 0 Å². The minimum atomic E-state index is 0.0980. The fourth-order valence-electron chi connectivity index (χ4n) is 3.82. The Bertz CT molecular complexity index is 567. The second kappa shape index (κ2) is 5.09. The van der Waals surface area contributed by atoms with Gasteiger partial charge >= 0.3 is 0 Å². The number of hydrogen-bond acceptors (Lipinski definition) is 0. The maximum atomic E-state index is 3.89. The van der Waals surface area contributed by atoms with Crippen LogP contribution in [0.3, 0.4) is 0 Å². The van der Waals surface area contributed by atoms with Crippen LogP contribution < -0.4 is 0 Å². The second-order valence-electron chi connectivity index (χ2n) is 6.78. The number of aryl methyl sites for hydroxylation is 1. The van der Waals surface area contributed by atoms with Crippen molar-refractivity contribution in [2.75, 3.05) is 0 Å². The van der Waals surface area contributed by atoms with Crippen LogP contribution in [-0.2, 0) is 5.41 Å². The van der Waals surface area contributed by atoms with Gasteiger partial charge in [-0.25, -0.2) is 0 Å². The summed E-state index contributed by atoms with van der Waals surface area (Å²) >= 11 is 0. The average molecular weight is 266 g/mol. The SMILES string of the molecule is C=CC=C1/C(=C\C)C(C)(c2ccc(C)cc2)CC1(C)C. The fraction of sp³-hybridized carbons (Fsp3) is 0.400. The highest BCUT2D eigenvalue weighted by atomic mass is 14.5. The molecule has 0 aliphatic heterocycles. The zero-order valence-corrected chi connectivity index (χ0v) is 13.5. The van der Waals surface area contributed by atoms with Crippen LogP contribution >= 0.6 is 0 Å². The Balaban J connectivity index is 2.59. The molecule has 0 saturated heterocycles. The largest absolute Gasteiger partial charge is 0.0991 e. The van der Waals surface area contributed by atoms with Gasteiger partial charge in [0.1, 0.15) is 0 Å². The summed E-state index contributed by atoms with van der Waals surface area (Å²) in [5, 5.41) is 0. The summed E-state index contributed by atoms with van der Waals surface area (Å²) < 4.78 is 0. The molecule has 1 aliphatic carbocycles. The van der Waals surface area contributed by atoms with Gasteiger partial charge in [-0.1, -0.05) is 75.4 Å². The molecule has 0 heterocycles. The van der Waals surface area contributed by atoms with Gasteiger partial charge in [0.2, 0.25) is 0 Å². The summed E-state index contributed by atoms with van der Waals surface area (Å²) in [6.45, 7) is 15.2. The molecule has 1 aromatic rings. The minimum Gasteiger partial charge on any atom is -0.0991 e. The van der Waals surface area contributed by atoms with Crippen LogP contribution in [0, 0.1) is 12.3 Å². The Kier molecular flexibility index (Phi) is 3.77. The van der Waals surface area contributed by atoms with Gasteiger partial charge < -0.3 is 0 Å². The number of rotatable bonds is 2. The molecule has 0 radical (unpaired) electrons. The van der Waals surface area contributed by atoms with Crippen LogP contribution in [0.5, 0.6) is 0 Å². The first kappa shape index (κ1) is 14.8. The lowest BCUT2D eigenvalue weighted by Crippen LogP contribution is -2.21. The molecule has 0 heteroatoms. The first-order valence-electron chi connectivity index (χ1n) is 7.42. The van der Waals surface area contributed by atoms with Crippen molar-refractivity contribution in [2.45, 2.75) is 46.5 Å². The van der Waals surface area contributed by atoms with E-state index in [0.717, 1.165) is 6.42 Å². The smallest absolute Gasteiger partial charge is 0.0182 e. The maximum absolute atomic E-state index is 3.89. The van der Waals surface area contributed by atoms with Crippen molar-refractivity contribution in [1.82, 2.24) is 0 Å². The van der Waals surface area contributed by atoms with E-state index in [1.807, 2.05) is 6.08 Å². The highest BCUT2D eigenvalue weighted by Crippen LogP contribution is 2.57. The number of benzene rings is 1. The van der Waals surface area contributed by atoms with Crippen LogP contribution in [-0.4, -0.2) is 0 Å². The molecule has 1 aliphatic rings. The fourth-order valence-corrected chi connectivity index (χ4v) is 3.82. The highest BCUT2D eigenvalue weighted by molar-refractivity contribution is 5.54. The molecule has 1 saturated carbocycles. The lowest BCUT2D eigenvalue weighted by molar-refractivity contribution is 0.388. The quantitative estimate of drug-likeness (QED) is 0.640. The average Bonchev–Trinajstić information content (AvgIpc) is 2.58. The van der Waals surface area contributed by atoms with E-state index in [1.165, 1.54) is 22.3 Å². The van der Waals surface area contributed by atoms with Crippen molar-refractivity contribution in [3.63, 3.8) is 0 Å². The predicted molar refractivity (Wildman–Crippen MR) is 89.0 cm³/mol. The van der Waals surface area contributed by atoms with Crippen molar-refractivity contribution in [2.24, 2.45) is 5.41 Å². The van der Waals surface area contributed by atoms with Gasteiger partial charge in [0.15, 0.2) is 0 Å². The summed E-state index contributed by atoms with van der Waals surface area (Å²) in [4.78, 5) is 0. The van der Waals surface area contributed by atoms with E-state index in [2.05, 4.69) is 77.6 Å². The highest BCUT2D eigenvalue weighted by Gasteiger charge is 2.47. The zero-order chi connectivity index (χ0) is 15.0. The van der Waals surface area contributed by atoms with Crippen LogP contribution in [0.2, 0.25) is 0 Å². The molecule has 1 aromatic carbocycles. The van der Waals surface area contributed by atoms with Crippen molar-refractivity contribution in [1.29, 1.82) is 0 Å². The number of allylic oxidation sites excluding steroid dienone is 5. The summed E-state index contributed by atoms with van der Waals surface area (Å²) in [6, 6.07) is 9.00. The van der Waals surface area contributed by atoms with Crippen LogP contribution in [0.15, 0.2) is 60.2 Å². The Morgan fingerprint density at radius 2 is 1.65 bits per heavy atom. The van der Waals surface area contributed by atoms with E-state index in [9.17, 15) is 0 Å². The monoisotopic (exact) mass is 266 g/mol. The first-order chi connectivity index (χ1) is 9.35. The van der Waals surface area contributed by atoms with Crippen molar-refractivity contribution in [3.05, 3.63) is 71.3 Å². The molecule has 0 N–H and O–H groups in total. The predicted octanol–water partition coefficient (Wildman–Crippen LogP) is 5.74. The lowest BCUT2D eigenvalue weighted by atomic mass is 9.75. The third-order valence-electron chi connectivity index (χ3n) is 4.67. The Morgan fingerprint density at radius 3 is 2.15 bits per heavy atom. The number of hydrogen-bond donors (Lipinski definition) is 0. The molecule has 1 unspecified atom stereocenters. The standard InChI is InChI=1S/C20H26/c1-7-9-18-17(8-2)20(6,14-19(18,4)5)16-12-10-15(3)11-13-16/h7-13H,1,14H2,2-6H3/b17-8+,18-9?. The van der Waals surface area contributed by atoms with E-state index in [-0.39, 0.29) is 10.8 Å². The maximum Gasteiger partial charge on any atom is 0.0182 e. The normalized spacial score (nSPS) is 29.1. The molecule has 0 spiro atoms. The van der Waals surface area contributed by atoms with E-state index in [0.29, 0.717) is 0 Å². The van der Waals surface area contributed by atoms with Gasteiger partial charge in [-0.15, -0.1) is 0 Å².